The molecule has 1 N–H and O–H groups in total. The lowest BCUT2D eigenvalue weighted by Gasteiger charge is -2.16. The van der Waals surface area contributed by atoms with Gasteiger partial charge in [-0.05, 0) is 25.8 Å². The maximum atomic E-state index is 7.30. The summed E-state index contributed by atoms with van der Waals surface area (Å²) in [5.74, 6) is 0. The van der Waals surface area contributed by atoms with Gasteiger partial charge < -0.3 is 5.41 Å². The van der Waals surface area contributed by atoms with Crippen LogP contribution in [0.1, 0.15) is 19.8 Å². The fourth-order valence-corrected chi connectivity index (χ4v) is 1.17. The molecule has 0 aliphatic heterocycles. The summed E-state index contributed by atoms with van der Waals surface area (Å²) in [4.78, 5) is 0. The Labute approximate surface area is 61.1 Å². The normalized spacial score (nSPS) is 28.0. The maximum Gasteiger partial charge on any atom is 0.0314 e. The highest BCUT2D eigenvalue weighted by Gasteiger charge is 2.11. The minimum atomic E-state index is 0.402. The number of rotatable bonds is 0. The fraction of sp³-hybridized carbons (Fsp3) is 0.571. The highest BCUT2D eigenvalue weighted by atomic mass is 32.1. The molecule has 9 heavy (non-hydrogen) atoms. The molecule has 1 rings (SSSR count). The summed E-state index contributed by atoms with van der Waals surface area (Å²) in [6.45, 7) is 2.03. The molecule has 0 radical (unpaired) electrons. The van der Waals surface area contributed by atoms with E-state index < -0.39 is 0 Å². The molecule has 0 saturated carbocycles. The molecule has 0 heterocycles. The number of allylic oxidation sites excluding steroid dienone is 1. The zero-order chi connectivity index (χ0) is 6.85. The van der Waals surface area contributed by atoms with Gasteiger partial charge in [-0.3, -0.25) is 0 Å². The fourth-order valence-electron chi connectivity index (χ4n) is 0.963. The van der Waals surface area contributed by atoms with Crippen molar-refractivity contribution in [3.63, 3.8) is 0 Å². The van der Waals surface area contributed by atoms with Crippen LogP contribution in [0.4, 0.5) is 0 Å². The Bertz CT molecular complexity index is 160. The molecule has 1 aliphatic rings. The van der Waals surface area contributed by atoms with Crippen LogP contribution >= 0.6 is 12.6 Å². The SMILES string of the molecule is CC1=CC(=N)CCC1S. The van der Waals surface area contributed by atoms with Gasteiger partial charge in [0, 0.05) is 11.0 Å². The molecule has 0 aromatic heterocycles. The van der Waals surface area contributed by atoms with Crippen LogP contribution in [0.25, 0.3) is 0 Å². The molecule has 1 nitrogen and oxygen atoms in total. The second kappa shape index (κ2) is 2.56. The molecule has 2 heteroatoms. The second-order valence-corrected chi connectivity index (χ2v) is 3.09. The Morgan fingerprint density at radius 3 is 2.89 bits per heavy atom. The lowest BCUT2D eigenvalue weighted by Crippen LogP contribution is -2.11. The van der Waals surface area contributed by atoms with Gasteiger partial charge in [-0.1, -0.05) is 5.57 Å². The third kappa shape index (κ3) is 1.58. The number of hydrogen-bond donors (Lipinski definition) is 2. The van der Waals surface area contributed by atoms with Crippen LogP contribution in [0.15, 0.2) is 11.6 Å². The average molecular weight is 141 g/mol. The Kier molecular flexibility index (Phi) is 1.96. The van der Waals surface area contributed by atoms with Crippen molar-refractivity contribution < 1.29 is 0 Å². The van der Waals surface area contributed by atoms with Crippen molar-refractivity contribution in [1.29, 1.82) is 5.41 Å². The molecule has 0 fully saturated rings. The third-order valence-electron chi connectivity index (χ3n) is 1.61. The average Bonchev–Trinajstić information content (AvgIpc) is 1.80. The largest absolute Gasteiger partial charge is 0.305 e. The van der Waals surface area contributed by atoms with E-state index in [1.165, 1.54) is 5.57 Å². The summed E-state index contributed by atoms with van der Waals surface area (Å²) in [7, 11) is 0. The van der Waals surface area contributed by atoms with E-state index in [0.29, 0.717) is 5.25 Å². The molecule has 0 spiro atoms. The van der Waals surface area contributed by atoms with Crippen LogP contribution in [-0.2, 0) is 0 Å². The van der Waals surface area contributed by atoms with E-state index in [9.17, 15) is 0 Å². The molecule has 0 aromatic rings. The second-order valence-electron chi connectivity index (χ2n) is 2.47. The highest BCUT2D eigenvalue weighted by molar-refractivity contribution is 7.81. The molecule has 0 saturated heterocycles. The Balaban J connectivity index is 2.72. The van der Waals surface area contributed by atoms with Crippen LogP contribution in [0.5, 0.6) is 0 Å². The van der Waals surface area contributed by atoms with Crippen LogP contribution in [0, 0.1) is 5.41 Å². The number of thiol groups is 1. The van der Waals surface area contributed by atoms with Gasteiger partial charge in [-0.25, -0.2) is 0 Å². The van der Waals surface area contributed by atoms with Crippen molar-refractivity contribution in [2.24, 2.45) is 0 Å². The van der Waals surface area contributed by atoms with E-state index in [0.717, 1.165) is 18.6 Å². The van der Waals surface area contributed by atoms with E-state index in [-0.39, 0.29) is 0 Å². The van der Waals surface area contributed by atoms with E-state index >= 15 is 0 Å². The van der Waals surface area contributed by atoms with Gasteiger partial charge in [0.25, 0.3) is 0 Å². The minimum Gasteiger partial charge on any atom is -0.305 e. The summed E-state index contributed by atoms with van der Waals surface area (Å²) in [5, 5.41) is 7.70. The van der Waals surface area contributed by atoms with Crippen molar-refractivity contribution in [3.05, 3.63) is 11.6 Å². The molecule has 1 aliphatic carbocycles. The van der Waals surface area contributed by atoms with Crippen LogP contribution in [0.3, 0.4) is 0 Å². The van der Waals surface area contributed by atoms with Gasteiger partial charge in [0.15, 0.2) is 0 Å². The van der Waals surface area contributed by atoms with Gasteiger partial charge in [0.2, 0.25) is 0 Å². The Morgan fingerprint density at radius 1 is 1.78 bits per heavy atom. The van der Waals surface area contributed by atoms with Crippen LogP contribution < -0.4 is 0 Å². The summed E-state index contributed by atoms with van der Waals surface area (Å²) in [5.41, 5.74) is 1.98. The number of hydrogen-bond acceptors (Lipinski definition) is 2. The first-order chi connectivity index (χ1) is 4.20. The van der Waals surface area contributed by atoms with E-state index in [1.807, 2.05) is 13.0 Å². The summed E-state index contributed by atoms with van der Waals surface area (Å²) in [6, 6.07) is 0. The number of nitrogens with one attached hydrogen (secondary N) is 1. The molecule has 1 unspecified atom stereocenters. The van der Waals surface area contributed by atoms with E-state index in [1.54, 1.807) is 0 Å². The highest BCUT2D eigenvalue weighted by Crippen LogP contribution is 2.20. The molecular weight excluding hydrogens is 130 g/mol. The predicted octanol–water partition coefficient (Wildman–Crippen LogP) is 2.04. The van der Waals surface area contributed by atoms with Crippen molar-refractivity contribution in [2.75, 3.05) is 0 Å². The molecular formula is C7H11NS. The van der Waals surface area contributed by atoms with Crippen LogP contribution in [-0.4, -0.2) is 11.0 Å². The van der Waals surface area contributed by atoms with Gasteiger partial charge >= 0.3 is 0 Å². The first-order valence-electron chi connectivity index (χ1n) is 3.14. The Hall–Kier alpha value is -0.240. The van der Waals surface area contributed by atoms with Crippen molar-refractivity contribution >= 4 is 18.3 Å². The molecule has 1 atom stereocenters. The summed E-state index contributed by atoms with van der Waals surface area (Å²) >= 11 is 4.33. The first-order valence-corrected chi connectivity index (χ1v) is 3.65. The zero-order valence-corrected chi connectivity index (χ0v) is 6.41. The monoisotopic (exact) mass is 141 g/mol. The van der Waals surface area contributed by atoms with Crippen molar-refractivity contribution in [1.82, 2.24) is 0 Å². The lowest BCUT2D eigenvalue weighted by atomic mass is 9.99. The summed E-state index contributed by atoms with van der Waals surface area (Å²) in [6.07, 6.45) is 3.84. The maximum absolute atomic E-state index is 7.30. The molecule has 0 aromatic carbocycles. The smallest absolute Gasteiger partial charge is 0.0314 e. The Morgan fingerprint density at radius 2 is 2.44 bits per heavy atom. The van der Waals surface area contributed by atoms with Crippen molar-refractivity contribution in [3.8, 4) is 0 Å². The zero-order valence-electron chi connectivity index (χ0n) is 5.52. The van der Waals surface area contributed by atoms with Gasteiger partial charge in [0.1, 0.15) is 0 Å². The quantitative estimate of drug-likeness (QED) is 0.482. The first kappa shape index (κ1) is 6.87. The van der Waals surface area contributed by atoms with Crippen molar-refractivity contribution in [2.45, 2.75) is 25.0 Å². The molecule has 0 amide bonds. The predicted molar refractivity (Wildman–Crippen MR) is 43.5 cm³/mol. The lowest BCUT2D eigenvalue weighted by molar-refractivity contribution is 0.854. The van der Waals surface area contributed by atoms with Gasteiger partial charge in [0.05, 0.1) is 0 Å². The molecule has 50 valence electrons. The summed E-state index contributed by atoms with van der Waals surface area (Å²) < 4.78 is 0. The third-order valence-corrected chi connectivity index (χ3v) is 2.28. The topological polar surface area (TPSA) is 23.9 Å². The standard InChI is InChI=1S/C7H11NS/c1-5-4-6(8)2-3-7(5)9/h4,7-9H,2-3H2,1H3. The molecule has 0 bridgehead atoms. The van der Waals surface area contributed by atoms with E-state index in [4.69, 9.17) is 5.41 Å². The van der Waals surface area contributed by atoms with E-state index in [2.05, 4.69) is 12.6 Å². The van der Waals surface area contributed by atoms with Gasteiger partial charge in [-0.2, -0.15) is 12.6 Å². The van der Waals surface area contributed by atoms with Gasteiger partial charge in [-0.15, -0.1) is 0 Å². The van der Waals surface area contributed by atoms with Crippen LogP contribution in [0.2, 0.25) is 0 Å². The minimum absolute atomic E-state index is 0.402.